The van der Waals surface area contributed by atoms with E-state index in [4.69, 9.17) is 10.5 Å². The van der Waals surface area contributed by atoms with Gasteiger partial charge in [0.2, 0.25) is 11.4 Å². The maximum absolute atomic E-state index is 11.6. The minimum Gasteiger partial charge on any atom is -0.870 e. The van der Waals surface area contributed by atoms with Crippen molar-refractivity contribution >= 4 is 17.6 Å². The monoisotopic (exact) mass is 314 g/mol. The molecular weight excluding hydrogens is 296 g/mol. The molecule has 1 saturated carbocycles. The van der Waals surface area contributed by atoms with Crippen molar-refractivity contribution < 1.29 is 29.2 Å². The number of methoxy groups -OCH3 is 1. The first kappa shape index (κ1) is 17.7. The fraction of sp³-hybridized carbons (Fsp3) is 0.583. The number of primary amides is 1. The van der Waals surface area contributed by atoms with Crippen LogP contribution >= 0.6 is 0 Å². The lowest BCUT2D eigenvalue weighted by molar-refractivity contribution is -0.752. The molecule has 1 heterocycles. The predicted molar refractivity (Wildman–Crippen MR) is 71.8 cm³/mol. The average Bonchev–Trinajstić information content (AvgIpc) is 2.79. The van der Waals surface area contributed by atoms with Gasteiger partial charge in [-0.3, -0.25) is 4.79 Å². The summed E-state index contributed by atoms with van der Waals surface area (Å²) in [6.45, 7) is 0.573. The number of H-pyrrole nitrogens is 1. The van der Waals surface area contributed by atoms with Crippen LogP contribution in [-0.4, -0.2) is 42.3 Å². The zero-order chi connectivity index (χ0) is 15.4. The number of nitroso groups, excluding NO2 is 1. The second kappa shape index (κ2) is 7.61. The highest BCUT2D eigenvalue weighted by Crippen LogP contribution is 2.22. The molecular formula is C12H18N4O6. The summed E-state index contributed by atoms with van der Waals surface area (Å²) in [5, 5.41) is 5.32. The minimum atomic E-state index is -0.861. The number of aromatic nitrogens is 2. The zero-order valence-corrected chi connectivity index (χ0v) is 12.1. The number of rotatable bonds is 7. The molecule has 1 fully saturated rings. The largest absolute Gasteiger partial charge is 0.870 e. The first-order valence-electron chi connectivity index (χ1n) is 6.57. The second-order valence-corrected chi connectivity index (χ2v) is 4.71. The first-order chi connectivity index (χ1) is 10.1. The molecule has 0 aromatic carbocycles. The van der Waals surface area contributed by atoms with Crippen LogP contribution in [-0.2, 0) is 16.0 Å². The van der Waals surface area contributed by atoms with E-state index < -0.39 is 11.9 Å². The lowest BCUT2D eigenvalue weighted by atomic mass is 9.96. The standard InChI is InChI=1S/C12H16N4O5.H2O/c1-20-12(18)9-8(15-19)10(11(13)17)16(14-9)5-6-21-7-3-2-4-7;/h7H,2-6H2,1H3,(H2,13,17);1H2. The van der Waals surface area contributed by atoms with Crippen LogP contribution in [0.5, 0.6) is 0 Å². The Balaban J connectivity index is 0.00000242. The molecule has 1 amide bonds. The number of nitrogens with zero attached hydrogens (tertiary/aromatic N) is 2. The van der Waals surface area contributed by atoms with E-state index in [9.17, 15) is 14.5 Å². The molecule has 4 N–H and O–H groups in total. The number of hydrogen-bond acceptors (Lipinski definition) is 7. The van der Waals surface area contributed by atoms with Gasteiger partial charge in [0.15, 0.2) is 6.54 Å². The Hall–Kier alpha value is -2.33. The maximum atomic E-state index is 11.6. The molecule has 0 atom stereocenters. The Labute approximate surface area is 125 Å². The highest BCUT2D eigenvalue weighted by molar-refractivity contribution is 6.01. The molecule has 0 saturated heterocycles. The Morgan fingerprint density at radius 1 is 1.45 bits per heavy atom. The van der Waals surface area contributed by atoms with Gasteiger partial charge in [-0.15, -0.1) is 4.91 Å². The summed E-state index contributed by atoms with van der Waals surface area (Å²) in [6.07, 6.45) is 3.43. The van der Waals surface area contributed by atoms with Gasteiger partial charge in [-0.25, -0.2) is 4.79 Å². The summed E-state index contributed by atoms with van der Waals surface area (Å²) in [6, 6.07) is 0. The Morgan fingerprint density at radius 2 is 2.14 bits per heavy atom. The highest BCUT2D eigenvalue weighted by atomic mass is 16.5. The van der Waals surface area contributed by atoms with Crippen LogP contribution in [0.1, 0.15) is 40.2 Å². The van der Waals surface area contributed by atoms with Crippen LogP contribution in [0.2, 0.25) is 0 Å². The van der Waals surface area contributed by atoms with Gasteiger partial charge < -0.3 is 20.7 Å². The molecule has 0 bridgehead atoms. The fourth-order valence-electron chi connectivity index (χ4n) is 2.09. The molecule has 10 nitrogen and oxygen atoms in total. The summed E-state index contributed by atoms with van der Waals surface area (Å²) in [5.74, 6) is -1.66. The quantitative estimate of drug-likeness (QED) is 0.409. The van der Waals surface area contributed by atoms with Crippen LogP contribution in [0.15, 0.2) is 5.18 Å². The molecule has 2 rings (SSSR count). The molecule has 0 spiro atoms. The van der Waals surface area contributed by atoms with Crippen molar-refractivity contribution in [2.75, 3.05) is 13.7 Å². The molecule has 1 aromatic rings. The summed E-state index contributed by atoms with van der Waals surface area (Å²) < 4.78 is 11.4. The maximum Gasteiger partial charge on any atom is 0.362 e. The lowest BCUT2D eigenvalue weighted by Crippen LogP contribution is -2.45. The third-order valence-electron chi connectivity index (χ3n) is 3.41. The van der Waals surface area contributed by atoms with E-state index in [0.29, 0.717) is 6.61 Å². The summed E-state index contributed by atoms with van der Waals surface area (Å²) >= 11 is 0. The van der Waals surface area contributed by atoms with E-state index in [2.05, 4.69) is 15.0 Å². The van der Waals surface area contributed by atoms with E-state index in [1.54, 1.807) is 0 Å². The van der Waals surface area contributed by atoms with Crippen molar-refractivity contribution in [3.8, 4) is 0 Å². The van der Waals surface area contributed by atoms with Crippen molar-refractivity contribution in [1.29, 1.82) is 0 Å². The molecule has 0 aliphatic heterocycles. The molecule has 0 unspecified atom stereocenters. The normalized spacial score (nSPS) is 13.9. The van der Waals surface area contributed by atoms with Gasteiger partial charge >= 0.3 is 17.6 Å². The third-order valence-corrected chi connectivity index (χ3v) is 3.41. The van der Waals surface area contributed by atoms with Gasteiger partial charge in [-0.05, 0) is 24.4 Å². The fourth-order valence-corrected chi connectivity index (χ4v) is 2.09. The average molecular weight is 314 g/mol. The van der Waals surface area contributed by atoms with Gasteiger partial charge in [0.05, 0.1) is 13.2 Å². The van der Waals surface area contributed by atoms with Gasteiger partial charge in [-0.1, -0.05) is 4.68 Å². The van der Waals surface area contributed by atoms with Crippen LogP contribution in [0.4, 0.5) is 5.69 Å². The lowest BCUT2D eigenvalue weighted by Gasteiger charge is -2.24. The number of esters is 1. The Kier molecular flexibility index (Phi) is 6.13. The van der Waals surface area contributed by atoms with E-state index in [-0.39, 0.29) is 35.2 Å². The number of hydrogen-bond donors (Lipinski definition) is 2. The number of nitrogens with one attached hydrogen (secondary N) is 1. The molecule has 1 aromatic heterocycles. The smallest absolute Gasteiger partial charge is 0.362 e. The number of carbonyl (C=O) groups is 2. The van der Waals surface area contributed by atoms with Gasteiger partial charge in [0.1, 0.15) is 6.61 Å². The van der Waals surface area contributed by atoms with E-state index in [1.807, 2.05) is 0 Å². The van der Waals surface area contributed by atoms with Crippen LogP contribution in [0, 0.1) is 4.91 Å². The molecule has 0 radical (unpaired) electrons. The Morgan fingerprint density at radius 3 is 2.59 bits per heavy atom. The van der Waals surface area contributed by atoms with Crippen molar-refractivity contribution in [2.45, 2.75) is 31.9 Å². The number of ether oxygens (including phenoxy) is 2. The van der Waals surface area contributed by atoms with Crippen LogP contribution in [0.25, 0.3) is 0 Å². The van der Waals surface area contributed by atoms with E-state index in [0.717, 1.165) is 26.4 Å². The second-order valence-electron chi connectivity index (χ2n) is 4.71. The molecule has 22 heavy (non-hydrogen) atoms. The number of amides is 1. The van der Waals surface area contributed by atoms with E-state index in [1.165, 1.54) is 4.68 Å². The summed E-state index contributed by atoms with van der Waals surface area (Å²) in [5.41, 5.74) is 4.53. The van der Waals surface area contributed by atoms with Crippen molar-refractivity contribution in [3.63, 3.8) is 0 Å². The summed E-state index contributed by atoms with van der Waals surface area (Å²) in [7, 11) is 1.16. The van der Waals surface area contributed by atoms with Gasteiger partial charge in [-0.2, -0.15) is 5.10 Å². The SMILES string of the molecule is COC(=O)c1[nH][n+](CCOC2CCC2)c(C(N)=O)c1N=O.[OH-]. The van der Waals surface area contributed by atoms with Crippen LogP contribution < -0.4 is 10.4 Å². The first-order valence-corrected chi connectivity index (χ1v) is 6.57. The minimum absolute atomic E-state index is 0. The molecule has 1 aliphatic carbocycles. The zero-order valence-electron chi connectivity index (χ0n) is 12.1. The number of nitrogens with two attached hydrogens (primary N) is 1. The van der Waals surface area contributed by atoms with Gasteiger partial charge in [0.25, 0.3) is 0 Å². The van der Waals surface area contributed by atoms with Crippen molar-refractivity contribution in [3.05, 3.63) is 16.3 Å². The molecule has 10 heteroatoms. The highest BCUT2D eigenvalue weighted by Gasteiger charge is 2.34. The molecule has 1 aliphatic rings. The number of aromatic amines is 1. The van der Waals surface area contributed by atoms with Crippen LogP contribution in [0.3, 0.4) is 0 Å². The molecule has 122 valence electrons. The van der Waals surface area contributed by atoms with Crippen molar-refractivity contribution in [2.24, 2.45) is 10.9 Å². The van der Waals surface area contributed by atoms with E-state index >= 15 is 0 Å². The van der Waals surface area contributed by atoms with Gasteiger partial charge in [0, 0.05) is 0 Å². The Bertz CT molecular complexity index is 566. The third kappa shape index (κ3) is 3.46. The van der Waals surface area contributed by atoms with Crippen molar-refractivity contribution in [1.82, 2.24) is 5.10 Å². The summed E-state index contributed by atoms with van der Waals surface area (Å²) in [4.78, 5) is 33.9. The topological polar surface area (TPSA) is 158 Å². The number of carbonyl (C=O) groups excluding carboxylic acids is 2. The predicted octanol–water partition coefficient (Wildman–Crippen LogP) is -0.0221.